The molecule has 0 saturated heterocycles. The Labute approximate surface area is 122 Å². The molecule has 20 heavy (non-hydrogen) atoms. The van der Waals surface area contributed by atoms with Gasteiger partial charge in [-0.3, -0.25) is 0 Å². The molecule has 0 aliphatic heterocycles. The third kappa shape index (κ3) is 2.19. The van der Waals surface area contributed by atoms with Gasteiger partial charge in [0.2, 0.25) is 0 Å². The molecule has 0 bridgehead atoms. The van der Waals surface area contributed by atoms with Gasteiger partial charge in [0.25, 0.3) is 0 Å². The molecule has 3 heteroatoms. The Kier molecular flexibility index (Phi) is 3.25. The molecule has 3 rings (SSSR count). The summed E-state index contributed by atoms with van der Waals surface area (Å²) in [5.74, 6) is 0.214. The fourth-order valence-electron chi connectivity index (χ4n) is 2.37. The van der Waals surface area contributed by atoms with Gasteiger partial charge < -0.3 is 9.67 Å². The van der Waals surface area contributed by atoms with Gasteiger partial charge in [0.1, 0.15) is 5.75 Å². The molecule has 0 fully saturated rings. The zero-order valence-electron chi connectivity index (χ0n) is 11.0. The van der Waals surface area contributed by atoms with E-state index in [1.54, 1.807) is 18.2 Å². The predicted octanol–water partition coefficient (Wildman–Crippen LogP) is 4.81. The van der Waals surface area contributed by atoms with Crippen molar-refractivity contribution in [1.82, 2.24) is 4.57 Å². The first-order valence-electron chi connectivity index (χ1n) is 6.39. The predicted molar refractivity (Wildman–Crippen MR) is 82.6 cm³/mol. The molecule has 100 valence electrons. The Balaban J connectivity index is 2.24. The highest BCUT2D eigenvalue weighted by molar-refractivity contribution is 6.30. The Morgan fingerprint density at radius 2 is 1.70 bits per heavy atom. The zero-order chi connectivity index (χ0) is 14.1. The molecule has 3 aromatic rings. The van der Waals surface area contributed by atoms with Crippen molar-refractivity contribution in [1.29, 1.82) is 0 Å². The Bertz CT molecular complexity index is 747. The summed E-state index contributed by atoms with van der Waals surface area (Å²) in [7, 11) is 0. The molecule has 0 saturated carbocycles. The molecule has 1 heterocycles. The molecule has 1 N–H and O–H groups in total. The van der Waals surface area contributed by atoms with Gasteiger partial charge in [-0.2, -0.15) is 0 Å². The van der Waals surface area contributed by atoms with Crippen LogP contribution in [0, 0.1) is 6.92 Å². The minimum Gasteiger partial charge on any atom is -0.506 e. The first-order chi connectivity index (χ1) is 9.66. The molecule has 0 aliphatic rings. The van der Waals surface area contributed by atoms with Gasteiger partial charge in [0.05, 0.1) is 11.4 Å². The highest BCUT2D eigenvalue weighted by Crippen LogP contribution is 2.32. The Hall–Kier alpha value is -2.19. The van der Waals surface area contributed by atoms with Crippen LogP contribution < -0.4 is 0 Å². The van der Waals surface area contributed by atoms with Crippen molar-refractivity contribution < 1.29 is 5.11 Å². The Morgan fingerprint density at radius 3 is 2.45 bits per heavy atom. The molecule has 0 unspecified atom stereocenters. The maximum absolute atomic E-state index is 10.1. The van der Waals surface area contributed by atoms with Crippen LogP contribution in [-0.2, 0) is 0 Å². The number of aromatic hydroxyl groups is 1. The summed E-state index contributed by atoms with van der Waals surface area (Å²) >= 11 is 6.06. The van der Waals surface area contributed by atoms with Crippen LogP contribution in [0.1, 0.15) is 5.69 Å². The summed E-state index contributed by atoms with van der Waals surface area (Å²) in [5, 5.41) is 10.7. The average Bonchev–Trinajstić information content (AvgIpc) is 2.84. The van der Waals surface area contributed by atoms with Crippen molar-refractivity contribution >= 4 is 11.6 Å². The molecule has 1 aromatic heterocycles. The molecule has 0 amide bonds. The third-order valence-corrected chi connectivity index (χ3v) is 3.56. The second kappa shape index (κ2) is 5.06. The lowest BCUT2D eigenvalue weighted by atomic mass is 10.1. The van der Waals surface area contributed by atoms with E-state index in [1.165, 1.54) is 0 Å². The van der Waals surface area contributed by atoms with Crippen molar-refractivity contribution in [3.8, 4) is 22.7 Å². The maximum atomic E-state index is 10.1. The zero-order valence-corrected chi connectivity index (χ0v) is 11.8. The van der Waals surface area contributed by atoms with Crippen LogP contribution in [0.25, 0.3) is 16.9 Å². The van der Waals surface area contributed by atoms with Crippen molar-refractivity contribution in [2.45, 2.75) is 6.92 Å². The largest absolute Gasteiger partial charge is 0.506 e. The van der Waals surface area contributed by atoms with E-state index in [2.05, 4.69) is 0 Å². The number of hydrogen-bond acceptors (Lipinski definition) is 1. The van der Waals surface area contributed by atoms with Crippen LogP contribution in [0.4, 0.5) is 0 Å². The topological polar surface area (TPSA) is 25.2 Å². The summed E-state index contributed by atoms with van der Waals surface area (Å²) in [6.45, 7) is 2.01. The second-order valence-electron chi connectivity index (χ2n) is 4.69. The summed E-state index contributed by atoms with van der Waals surface area (Å²) in [4.78, 5) is 0. The standard InChI is InChI=1S/C17H14ClNO/c1-12-7-9-15(13-5-3-2-4-6-13)19(12)16-11-14(18)8-10-17(16)20/h2-11,20H,1H3. The van der Waals surface area contributed by atoms with Gasteiger partial charge >= 0.3 is 0 Å². The van der Waals surface area contributed by atoms with Crippen molar-refractivity contribution in [2.75, 3.05) is 0 Å². The minimum atomic E-state index is 0.214. The number of hydrogen-bond donors (Lipinski definition) is 1. The monoisotopic (exact) mass is 283 g/mol. The van der Waals surface area contributed by atoms with E-state index in [4.69, 9.17) is 11.6 Å². The molecular weight excluding hydrogens is 270 g/mol. The molecule has 0 aliphatic carbocycles. The average molecular weight is 284 g/mol. The first kappa shape index (κ1) is 12.8. The summed E-state index contributed by atoms with van der Waals surface area (Å²) in [6.07, 6.45) is 0. The summed E-state index contributed by atoms with van der Waals surface area (Å²) in [5.41, 5.74) is 3.86. The minimum absolute atomic E-state index is 0.214. The molecule has 0 spiro atoms. The van der Waals surface area contributed by atoms with Crippen LogP contribution >= 0.6 is 11.6 Å². The van der Waals surface area contributed by atoms with E-state index < -0.39 is 0 Å². The van der Waals surface area contributed by atoms with Crippen LogP contribution in [-0.4, -0.2) is 9.67 Å². The highest BCUT2D eigenvalue weighted by Gasteiger charge is 2.12. The SMILES string of the molecule is Cc1ccc(-c2ccccc2)n1-c1cc(Cl)ccc1O. The van der Waals surface area contributed by atoms with Crippen LogP contribution in [0.5, 0.6) is 5.75 Å². The van der Waals surface area contributed by atoms with Gasteiger partial charge in [-0.25, -0.2) is 0 Å². The first-order valence-corrected chi connectivity index (χ1v) is 6.77. The molecule has 2 nitrogen and oxygen atoms in total. The number of phenolic OH excluding ortho intramolecular Hbond substituents is 1. The number of aromatic nitrogens is 1. The van der Waals surface area contributed by atoms with Crippen molar-refractivity contribution in [3.05, 3.63) is 71.4 Å². The highest BCUT2D eigenvalue weighted by atomic mass is 35.5. The maximum Gasteiger partial charge on any atom is 0.139 e. The number of benzene rings is 2. The van der Waals surface area contributed by atoms with Crippen molar-refractivity contribution in [3.63, 3.8) is 0 Å². The van der Waals surface area contributed by atoms with E-state index in [-0.39, 0.29) is 5.75 Å². The fourth-order valence-corrected chi connectivity index (χ4v) is 2.53. The number of halogens is 1. The van der Waals surface area contributed by atoms with E-state index in [9.17, 15) is 5.11 Å². The van der Waals surface area contributed by atoms with Crippen molar-refractivity contribution in [2.24, 2.45) is 0 Å². The summed E-state index contributed by atoms with van der Waals surface area (Å²) < 4.78 is 2.01. The normalized spacial score (nSPS) is 10.7. The molecular formula is C17H14ClNO. The van der Waals surface area contributed by atoms with E-state index in [1.807, 2.05) is 54.0 Å². The molecule has 0 atom stereocenters. The van der Waals surface area contributed by atoms with Crippen LogP contribution in [0.3, 0.4) is 0 Å². The quantitative estimate of drug-likeness (QED) is 0.717. The van der Waals surface area contributed by atoms with E-state index in [0.29, 0.717) is 10.7 Å². The van der Waals surface area contributed by atoms with Gasteiger partial charge in [-0.1, -0.05) is 41.9 Å². The van der Waals surface area contributed by atoms with E-state index >= 15 is 0 Å². The van der Waals surface area contributed by atoms with E-state index in [0.717, 1.165) is 17.0 Å². The van der Waals surface area contributed by atoms with Gasteiger partial charge in [0.15, 0.2) is 0 Å². The van der Waals surface area contributed by atoms with Gasteiger partial charge in [-0.05, 0) is 42.8 Å². The van der Waals surface area contributed by atoms with Crippen LogP contribution in [0.15, 0.2) is 60.7 Å². The number of rotatable bonds is 2. The molecule has 2 aromatic carbocycles. The number of nitrogens with zero attached hydrogens (tertiary/aromatic N) is 1. The Morgan fingerprint density at radius 1 is 0.950 bits per heavy atom. The third-order valence-electron chi connectivity index (χ3n) is 3.32. The summed E-state index contributed by atoms with van der Waals surface area (Å²) in [6, 6.07) is 19.2. The van der Waals surface area contributed by atoms with Gasteiger partial charge in [-0.15, -0.1) is 0 Å². The lowest BCUT2D eigenvalue weighted by molar-refractivity contribution is 0.472. The molecule has 0 radical (unpaired) electrons. The van der Waals surface area contributed by atoms with Crippen LogP contribution in [0.2, 0.25) is 5.02 Å². The number of phenols is 1. The smallest absolute Gasteiger partial charge is 0.139 e. The lowest BCUT2D eigenvalue weighted by Crippen LogP contribution is -1.99. The van der Waals surface area contributed by atoms with Gasteiger partial charge in [0, 0.05) is 10.7 Å². The lowest BCUT2D eigenvalue weighted by Gasteiger charge is -2.14. The second-order valence-corrected chi connectivity index (χ2v) is 5.13. The number of aryl methyl sites for hydroxylation is 1. The fraction of sp³-hybridized carbons (Fsp3) is 0.0588.